The van der Waals surface area contributed by atoms with Gasteiger partial charge in [0.15, 0.2) is 0 Å². The summed E-state index contributed by atoms with van der Waals surface area (Å²) in [7, 11) is 1.74. The maximum absolute atomic E-state index is 12.3. The van der Waals surface area contributed by atoms with Crippen LogP contribution in [0.1, 0.15) is 44.6 Å². The van der Waals surface area contributed by atoms with Crippen LogP contribution in [0.4, 0.5) is 5.69 Å². The molecule has 3 atom stereocenters. The van der Waals surface area contributed by atoms with Gasteiger partial charge in [-0.25, -0.2) is 0 Å². The van der Waals surface area contributed by atoms with Gasteiger partial charge in [0.05, 0.1) is 18.6 Å². The third kappa shape index (κ3) is 4.82. The molecule has 1 aromatic carbocycles. The molecule has 1 N–H and O–H groups in total. The van der Waals surface area contributed by atoms with Crippen molar-refractivity contribution in [2.75, 3.05) is 18.9 Å². The Labute approximate surface area is 149 Å². The van der Waals surface area contributed by atoms with Crippen molar-refractivity contribution in [1.82, 2.24) is 4.90 Å². The number of carbonyl (C=O) groups is 2. The maximum atomic E-state index is 12.3. The fourth-order valence-corrected chi connectivity index (χ4v) is 3.77. The minimum Gasteiger partial charge on any atom is -0.374 e. The Bertz CT molecular complexity index is 631. The summed E-state index contributed by atoms with van der Waals surface area (Å²) in [6.07, 6.45) is 5.48. The summed E-state index contributed by atoms with van der Waals surface area (Å²) in [6.45, 7) is 3.36. The molecule has 25 heavy (non-hydrogen) atoms. The van der Waals surface area contributed by atoms with Gasteiger partial charge in [0.2, 0.25) is 11.8 Å². The number of rotatable bonds is 5. The van der Waals surface area contributed by atoms with Crippen molar-refractivity contribution < 1.29 is 14.3 Å². The zero-order chi connectivity index (χ0) is 17.8. The lowest BCUT2D eigenvalue weighted by Crippen LogP contribution is -2.25. The second-order valence-electron chi connectivity index (χ2n) is 7.57. The van der Waals surface area contributed by atoms with Crippen LogP contribution in [0.3, 0.4) is 0 Å². The summed E-state index contributed by atoms with van der Waals surface area (Å²) in [6, 6.07) is 7.80. The van der Waals surface area contributed by atoms with Crippen molar-refractivity contribution >= 4 is 17.5 Å². The largest absolute Gasteiger partial charge is 0.374 e. The quantitative estimate of drug-likeness (QED) is 0.892. The zero-order valence-corrected chi connectivity index (χ0v) is 15.2. The van der Waals surface area contributed by atoms with Crippen LogP contribution in [-0.4, -0.2) is 36.4 Å². The fourth-order valence-electron chi connectivity index (χ4n) is 3.77. The number of hydrogen-bond donors (Lipinski definition) is 1. The Kier molecular flexibility index (Phi) is 5.74. The van der Waals surface area contributed by atoms with Gasteiger partial charge in [0, 0.05) is 25.7 Å². The second-order valence-corrected chi connectivity index (χ2v) is 7.57. The third-order valence-corrected chi connectivity index (χ3v) is 5.28. The molecule has 2 aliphatic rings. The smallest absolute Gasteiger partial charge is 0.229 e. The molecule has 2 fully saturated rings. The van der Waals surface area contributed by atoms with Crippen molar-refractivity contribution in [1.29, 1.82) is 0 Å². The van der Waals surface area contributed by atoms with Crippen LogP contribution in [0.5, 0.6) is 0 Å². The van der Waals surface area contributed by atoms with E-state index in [1.165, 1.54) is 12.8 Å². The first-order chi connectivity index (χ1) is 12.0. The van der Waals surface area contributed by atoms with Crippen molar-refractivity contribution in [2.24, 2.45) is 11.8 Å². The van der Waals surface area contributed by atoms with E-state index in [1.54, 1.807) is 11.9 Å². The molecule has 0 radical (unpaired) electrons. The van der Waals surface area contributed by atoms with Gasteiger partial charge in [0.1, 0.15) is 0 Å². The number of carbonyl (C=O) groups excluding carboxylic acids is 2. The molecule has 1 aliphatic carbocycles. The van der Waals surface area contributed by atoms with Crippen molar-refractivity contribution in [3.8, 4) is 0 Å². The van der Waals surface area contributed by atoms with E-state index in [0.29, 0.717) is 25.7 Å². The lowest BCUT2D eigenvalue weighted by molar-refractivity contribution is -0.127. The van der Waals surface area contributed by atoms with E-state index in [9.17, 15) is 9.59 Å². The molecule has 0 unspecified atom stereocenters. The molecular formula is C20H28N2O3. The lowest BCUT2D eigenvalue weighted by atomic mass is 9.89. The Morgan fingerprint density at radius 1 is 1.36 bits per heavy atom. The molecule has 1 saturated carbocycles. The Morgan fingerprint density at radius 3 is 2.92 bits per heavy atom. The molecule has 1 saturated heterocycles. The first kappa shape index (κ1) is 17.9. The Hall–Kier alpha value is -1.88. The van der Waals surface area contributed by atoms with E-state index in [0.717, 1.165) is 30.0 Å². The van der Waals surface area contributed by atoms with Gasteiger partial charge in [-0.15, -0.1) is 0 Å². The van der Waals surface area contributed by atoms with Crippen LogP contribution in [0.25, 0.3) is 0 Å². The van der Waals surface area contributed by atoms with Gasteiger partial charge >= 0.3 is 0 Å². The SMILES string of the molecule is C[C@@H]1CCC[C@@H](OCc2cccc(NC(=O)[C@H]3CC(=O)N(C)C3)c2)C1. The molecule has 1 heterocycles. The van der Waals surface area contributed by atoms with Crippen LogP contribution in [0, 0.1) is 11.8 Å². The summed E-state index contributed by atoms with van der Waals surface area (Å²) in [5, 5.41) is 2.94. The highest BCUT2D eigenvalue weighted by Crippen LogP contribution is 2.26. The Morgan fingerprint density at radius 2 is 2.20 bits per heavy atom. The molecule has 136 valence electrons. The summed E-state index contributed by atoms with van der Waals surface area (Å²) >= 11 is 0. The fraction of sp³-hybridized carbons (Fsp3) is 0.600. The van der Waals surface area contributed by atoms with E-state index in [2.05, 4.69) is 12.2 Å². The van der Waals surface area contributed by atoms with Gasteiger partial charge in [0.25, 0.3) is 0 Å². The monoisotopic (exact) mass is 344 g/mol. The molecule has 1 aromatic rings. The van der Waals surface area contributed by atoms with E-state index in [4.69, 9.17) is 4.74 Å². The molecule has 0 aromatic heterocycles. The lowest BCUT2D eigenvalue weighted by Gasteiger charge is -2.26. The number of ether oxygens (including phenoxy) is 1. The predicted molar refractivity (Wildman–Crippen MR) is 97.0 cm³/mol. The minimum atomic E-state index is -0.263. The van der Waals surface area contributed by atoms with Crippen LogP contribution < -0.4 is 5.32 Å². The average Bonchev–Trinajstić information content (AvgIpc) is 2.93. The molecule has 2 amide bonds. The van der Waals surface area contributed by atoms with Gasteiger partial charge < -0.3 is 15.0 Å². The minimum absolute atomic E-state index is 0.0315. The second kappa shape index (κ2) is 8.00. The normalized spacial score (nSPS) is 26.7. The summed E-state index contributed by atoms with van der Waals surface area (Å²) in [4.78, 5) is 25.5. The molecule has 5 heteroatoms. The number of amides is 2. The van der Waals surface area contributed by atoms with Gasteiger partial charge in [-0.2, -0.15) is 0 Å². The molecule has 1 aliphatic heterocycles. The highest BCUT2D eigenvalue weighted by Gasteiger charge is 2.32. The van der Waals surface area contributed by atoms with E-state index in [-0.39, 0.29) is 17.7 Å². The summed E-state index contributed by atoms with van der Waals surface area (Å²) < 4.78 is 6.06. The number of nitrogens with one attached hydrogen (secondary N) is 1. The number of nitrogens with zero attached hydrogens (tertiary/aromatic N) is 1. The van der Waals surface area contributed by atoms with Crippen molar-refractivity contribution in [3.63, 3.8) is 0 Å². The number of anilines is 1. The number of likely N-dealkylation sites (tertiary alicyclic amines) is 1. The topological polar surface area (TPSA) is 58.6 Å². The van der Waals surface area contributed by atoms with Crippen LogP contribution in [-0.2, 0) is 20.9 Å². The van der Waals surface area contributed by atoms with Gasteiger partial charge in [-0.05, 0) is 36.5 Å². The highest BCUT2D eigenvalue weighted by atomic mass is 16.5. The van der Waals surface area contributed by atoms with Gasteiger partial charge in [-0.3, -0.25) is 9.59 Å². The van der Waals surface area contributed by atoms with E-state index < -0.39 is 0 Å². The van der Waals surface area contributed by atoms with Crippen molar-refractivity contribution in [3.05, 3.63) is 29.8 Å². The number of hydrogen-bond acceptors (Lipinski definition) is 3. The average molecular weight is 344 g/mol. The first-order valence-corrected chi connectivity index (χ1v) is 9.26. The van der Waals surface area contributed by atoms with Crippen LogP contribution >= 0.6 is 0 Å². The molecular weight excluding hydrogens is 316 g/mol. The van der Waals surface area contributed by atoms with E-state index in [1.807, 2.05) is 24.3 Å². The van der Waals surface area contributed by atoms with E-state index >= 15 is 0 Å². The molecule has 3 rings (SSSR count). The number of benzene rings is 1. The molecule has 0 spiro atoms. The maximum Gasteiger partial charge on any atom is 0.229 e. The first-order valence-electron chi connectivity index (χ1n) is 9.26. The molecule has 0 bridgehead atoms. The zero-order valence-electron chi connectivity index (χ0n) is 15.2. The van der Waals surface area contributed by atoms with Gasteiger partial charge in [-0.1, -0.05) is 31.9 Å². The summed E-state index contributed by atoms with van der Waals surface area (Å²) in [5.41, 5.74) is 1.83. The molecule has 5 nitrogen and oxygen atoms in total. The van der Waals surface area contributed by atoms with Crippen LogP contribution in [0.15, 0.2) is 24.3 Å². The Balaban J connectivity index is 1.52. The predicted octanol–water partition coefficient (Wildman–Crippen LogP) is 3.20. The highest BCUT2D eigenvalue weighted by molar-refractivity contribution is 5.97. The van der Waals surface area contributed by atoms with Crippen molar-refractivity contribution in [2.45, 2.75) is 51.7 Å². The summed E-state index contributed by atoms with van der Waals surface area (Å²) in [5.74, 6) is 0.429. The standard InChI is InChI=1S/C20H28N2O3/c1-14-5-3-8-18(9-14)25-13-15-6-4-7-17(10-15)21-20(24)16-11-19(23)22(2)12-16/h4,6-7,10,14,16,18H,3,5,8-9,11-13H2,1-2H3,(H,21,24)/t14-,16+,18-/m1/s1. The van der Waals surface area contributed by atoms with Crippen LogP contribution in [0.2, 0.25) is 0 Å². The third-order valence-electron chi connectivity index (χ3n) is 5.28.